The van der Waals surface area contributed by atoms with Crippen molar-refractivity contribution in [3.8, 4) is 0 Å². The molecule has 3 rings (SSSR count). The Hall–Kier alpha value is -2.44. The topological polar surface area (TPSA) is 69.7 Å². The van der Waals surface area contributed by atoms with E-state index in [1.54, 1.807) is 19.9 Å². The van der Waals surface area contributed by atoms with Crippen LogP contribution in [0.15, 0.2) is 12.1 Å². The fourth-order valence-corrected chi connectivity index (χ4v) is 3.30. The molecule has 1 aromatic carbocycles. The molecule has 1 saturated heterocycles. The number of urea groups is 1. The second-order valence-electron chi connectivity index (χ2n) is 6.79. The number of carbonyl (C=O) groups is 3. The van der Waals surface area contributed by atoms with Crippen LogP contribution >= 0.6 is 0 Å². The third kappa shape index (κ3) is 2.53. The summed E-state index contributed by atoms with van der Waals surface area (Å²) in [4.78, 5) is 39.3. The van der Waals surface area contributed by atoms with E-state index in [0.29, 0.717) is 30.6 Å². The highest BCUT2D eigenvalue weighted by molar-refractivity contribution is 6.10. The van der Waals surface area contributed by atoms with E-state index < -0.39 is 17.5 Å². The molecule has 0 spiro atoms. The van der Waals surface area contributed by atoms with Gasteiger partial charge >= 0.3 is 6.03 Å². The molecule has 0 aliphatic carbocycles. The summed E-state index contributed by atoms with van der Waals surface area (Å²) < 4.78 is 14.1. The van der Waals surface area contributed by atoms with Gasteiger partial charge in [-0.05, 0) is 45.2 Å². The minimum absolute atomic E-state index is 0.329. The van der Waals surface area contributed by atoms with Gasteiger partial charge in [-0.1, -0.05) is 6.07 Å². The van der Waals surface area contributed by atoms with Gasteiger partial charge in [-0.25, -0.2) is 9.18 Å². The van der Waals surface area contributed by atoms with Gasteiger partial charge in [-0.15, -0.1) is 0 Å². The molecule has 128 valence electrons. The first-order valence-corrected chi connectivity index (χ1v) is 7.95. The Morgan fingerprint density at radius 1 is 1.33 bits per heavy atom. The van der Waals surface area contributed by atoms with Gasteiger partial charge < -0.3 is 10.2 Å². The number of anilines is 1. The van der Waals surface area contributed by atoms with Crippen molar-refractivity contribution in [2.75, 3.05) is 18.0 Å². The molecule has 6 nitrogen and oxygen atoms in total. The number of hydrogen-bond acceptors (Lipinski definition) is 3. The monoisotopic (exact) mass is 333 g/mol. The van der Waals surface area contributed by atoms with Gasteiger partial charge in [0.2, 0.25) is 5.91 Å². The smallest absolute Gasteiger partial charge is 0.324 e. The zero-order valence-electron chi connectivity index (χ0n) is 14.0. The molecule has 4 amide bonds. The number of nitrogens with zero attached hydrogens (tertiary/aromatic N) is 2. The summed E-state index contributed by atoms with van der Waals surface area (Å²) in [7, 11) is 0. The quantitative estimate of drug-likeness (QED) is 0.838. The summed E-state index contributed by atoms with van der Waals surface area (Å²) >= 11 is 0. The molecule has 0 radical (unpaired) electrons. The highest BCUT2D eigenvalue weighted by Gasteiger charge is 2.45. The Morgan fingerprint density at radius 2 is 2.04 bits per heavy atom. The van der Waals surface area contributed by atoms with Crippen molar-refractivity contribution >= 4 is 23.5 Å². The van der Waals surface area contributed by atoms with E-state index in [4.69, 9.17) is 0 Å². The Bertz CT molecular complexity index is 745. The standard InChI is InChI=1S/C17H20FN3O3/c1-10-6-7-12(18)11-5-4-8-20(14(10)11)13(22)9-21-15(23)17(2,3)19-16(21)24/h6-7H,4-5,8-9H2,1-3H3,(H,19,24). The van der Waals surface area contributed by atoms with E-state index in [2.05, 4.69) is 5.32 Å². The molecule has 1 fully saturated rings. The van der Waals surface area contributed by atoms with Crippen LogP contribution in [0.4, 0.5) is 14.9 Å². The van der Waals surface area contributed by atoms with Crippen molar-refractivity contribution < 1.29 is 18.8 Å². The molecule has 0 saturated carbocycles. The Kier molecular flexibility index (Phi) is 3.81. The third-order valence-corrected chi connectivity index (χ3v) is 4.54. The van der Waals surface area contributed by atoms with Gasteiger partial charge in [0.1, 0.15) is 17.9 Å². The van der Waals surface area contributed by atoms with Crippen molar-refractivity contribution in [3.05, 3.63) is 29.1 Å². The van der Waals surface area contributed by atoms with Crippen LogP contribution in [0.1, 0.15) is 31.4 Å². The van der Waals surface area contributed by atoms with Crippen LogP contribution in [0.5, 0.6) is 0 Å². The normalized spacial score (nSPS) is 19.3. The van der Waals surface area contributed by atoms with Crippen LogP contribution in [0.2, 0.25) is 0 Å². The molecular weight excluding hydrogens is 313 g/mol. The van der Waals surface area contributed by atoms with E-state index in [0.717, 1.165) is 10.5 Å². The lowest BCUT2D eigenvalue weighted by molar-refractivity contribution is -0.133. The van der Waals surface area contributed by atoms with Crippen molar-refractivity contribution in [2.45, 2.75) is 39.2 Å². The van der Waals surface area contributed by atoms with Gasteiger partial charge in [-0.3, -0.25) is 14.5 Å². The number of imide groups is 1. The summed E-state index contributed by atoms with van der Waals surface area (Å²) in [5, 5.41) is 2.55. The first-order chi connectivity index (χ1) is 11.2. The van der Waals surface area contributed by atoms with Gasteiger partial charge in [0, 0.05) is 12.1 Å². The molecule has 2 aliphatic heterocycles. The first kappa shape index (κ1) is 16.4. The second-order valence-corrected chi connectivity index (χ2v) is 6.79. The maximum absolute atomic E-state index is 14.1. The predicted octanol–water partition coefficient (Wildman–Crippen LogP) is 1.74. The molecule has 2 heterocycles. The summed E-state index contributed by atoms with van der Waals surface area (Å²) in [6, 6.07) is 2.46. The molecule has 7 heteroatoms. The second kappa shape index (κ2) is 5.58. The van der Waals surface area contributed by atoms with Crippen molar-refractivity contribution in [2.24, 2.45) is 0 Å². The van der Waals surface area contributed by atoms with E-state index in [9.17, 15) is 18.8 Å². The maximum atomic E-state index is 14.1. The zero-order chi connectivity index (χ0) is 17.6. The molecule has 0 aromatic heterocycles. The van der Waals surface area contributed by atoms with Gasteiger partial charge in [0.15, 0.2) is 0 Å². The molecule has 0 unspecified atom stereocenters. The van der Waals surface area contributed by atoms with Crippen molar-refractivity contribution in [1.82, 2.24) is 10.2 Å². The number of aryl methyl sites for hydroxylation is 1. The van der Waals surface area contributed by atoms with Crippen LogP contribution in [-0.2, 0) is 16.0 Å². The van der Waals surface area contributed by atoms with E-state index in [-0.39, 0.29) is 18.3 Å². The molecule has 2 aliphatic rings. The molecular formula is C17H20FN3O3. The Labute approximate surface area is 139 Å². The number of benzene rings is 1. The Morgan fingerprint density at radius 3 is 2.67 bits per heavy atom. The van der Waals surface area contributed by atoms with E-state index in [1.165, 1.54) is 11.0 Å². The van der Waals surface area contributed by atoms with Crippen LogP contribution in [-0.4, -0.2) is 41.4 Å². The minimum Gasteiger partial charge on any atom is -0.324 e. The average molecular weight is 333 g/mol. The van der Waals surface area contributed by atoms with Crippen LogP contribution < -0.4 is 10.2 Å². The number of nitrogens with one attached hydrogen (secondary N) is 1. The number of halogens is 1. The van der Waals surface area contributed by atoms with Gasteiger partial charge in [0.25, 0.3) is 5.91 Å². The number of amides is 4. The largest absolute Gasteiger partial charge is 0.325 e. The summed E-state index contributed by atoms with van der Waals surface area (Å²) in [6.07, 6.45) is 1.22. The maximum Gasteiger partial charge on any atom is 0.325 e. The van der Waals surface area contributed by atoms with E-state index >= 15 is 0 Å². The molecule has 1 N–H and O–H groups in total. The fourth-order valence-electron chi connectivity index (χ4n) is 3.30. The van der Waals surface area contributed by atoms with E-state index in [1.807, 2.05) is 6.92 Å². The highest BCUT2D eigenvalue weighted by atomic mass is 19.1. The van der Waals surface area contributed by atoms with Crippen LogP contribution in [0.3, 0.4) is 0 Å². The van der Waals surface area contributed by atoms with Crippen molar-refractivity contribution in [1.29, 1.82) is 0 Å². The van der Waals surface area contributed by atoms with Crippen LogP contribution in [0.25, 0.3) is 0 Å². The van der Waals surface area contributed by atoms with Crippen molar-refractivity contribution in [3.63, 3.8) is 0 Å². The Balaban J connectivity index is 1.87. The van der Waals surface area contributed by atoms with Crippen LogP contribution in [0, 0.1) is 12.7 Å². The SMILES string of the molecule is Cc1ccc(F)c2c1N(C(=O)CN1C(=O)NC(C)(C)C1=O)CCC2. The molecule has 0 atom stereocenters. The molecule has 24 heavy (non-hydrogen) atoms. The lowest BCUT2D eigenvalue weighted by atomic mass is 9.97. The molecule has 1 aromatic rings. The number of carbonyl (C=O) groups excluding carboxylic acids is 3. The predicted molar refractivity (Wildman–Crippen MR) is 86.1 cm³/mol. The summed E-state index contributed by atoms with van der Waals surface area (Å²) in [5.74, 6) is -1.15. The number of hydrogen-bond donors (Lipinski definition) is 1. The van der Waals surface area contributed by atoms with Gasteiger partial charge in [0.05, 0.1) is 5.69 Å². The fraction of sp³-hybridized carbons (Fsp3) is 0.471. The van der Waals surface area contributed by atoms with Gasteiger partial charge in [-0.2, -0.15) is 0 Å². The lowest BCUT2D eigenvalue weighted by Gasteiger charge is -2.32. The highest BCUT2D eigenvalue weighted by Crippen LogP contribution is 2.33. The summed E-state index contributed by atoms with van der Waals surface area (Å²) in [5.41, 5.74) is 0.876. The zero-order valence-corrected chi connectivity index (χ0v) is 14.0. The third-order valence-electron chi connectivity index (χ3n) is 4.54. The average Bonchev–Trinajstić information content (AvgIpc) is 2.72. The number of fused-ring (bicyclic) bond motifs is 1. The molecule has 0 bridgehead atoms. The summed E-state index contributed by atoms with van der Waals surface area (Å²) in [6.45, 7) is 5.11. The lowest BCUT2D eigenvalue weighted by Crippen LogP contribution is -2.46. The first-order valence-electron chi connectivity index (χ1n) is 7.95. The number of rotatable bonds is 2. The minimum atomic E-state index is -1.01.